The van der Waals surface area contributed by atoms with Crippen LogP contribution in [0.4, 0.5) is 0 Å². The SMILES string of the molecule is C=C(C)[C@@H]1CC=C2[C@H](O)C[C@@H](O)[C@@H](C)[C@@]2(C)C1. The van der Waals surface area contributed by atoms with Crippen LogP contribution < -0.4 is 0 Å². The van der Waals surface area contributed by atoms with Crippen molar-refractivity contribution in [2.75, 3.05) is 0 Å². The van der Waals surface area contributed by atoms with E-state index in [9.17, 15) is 10.2 Å². The first-order valence-corrected chi connectivity index (χ1v) is 6.58. The van der Waals surface area contributed by atoms with Crippen LogP contribution in [-0.4, -0.2) is 22.4 Å². The summed E-state index contributed by atoms with van der Waals surface area (Å²) in [6, 6.07) is 0. The smallest absolute Gasteiger partial charge is 0.0780 e. The first-order valence-electron chi connectivity index (χ1n) is 6.58. The van der Waals surface area contributed by atoms with E-state index >= 15 is 0 Å². The van der Waals surface area contributed by atoms with E-state index in [1.165, 1.54) is 5.57 Å². The van der Waals surface area contributed by atoms with Gasteiger partial charge < -0.3 is 10.2 Å². The summed E-state index contributed by atoms with van der Waals surface area (Å²) in [4.78, 5) is 0. The molecule has 1 saturated carbocycles. The maximum absolute atomic E-state index is 10.1. The monoisotopic (exact) mass is 236 g/mol. The largest absolute Gasteiger partial charge is 0.393 e. The molecule has 0 amide bonds. The first-order chi connectivity index (χ1) is 7.86. The lowest BCUT2D eigenvalue weighted by molar-refractivity contribution is -0.0349. The number of rotatable bonds is 1. The van der Waals surface area contributed by atoms with Crippen LogP contribution in [0.15, 0.2) is 23.8 Å². The molecule has 2 nitrogen and oxygen atoms in total. The molecule has 0 aromatic carbocycles. The lowest BCUT2D eigenvalue weighted by Gasteiger charge is -2.50. The summed E-state index contributed by atoms with van der Waals surface area (Å²) in [5, 5.41) is 20.2. The maximum atomic E-state index is 10.1. The van der Waals surface area contributed by atoms with Gasteiger partial charge in [-0.2, -0.15) is 0 Å². The van der Waals surface area contributed by atoms with Crippen molar-refractivity contribution in [3.8, 4) is 0 Å². The molecule has 1 fully saturated rings. The van der Waals surface area contributed by atoms with Crippen molar-refractivity contribution >= 4 is 0 Å². The predicted octanol–water partition coefficient (Wildman–Crippen LogP) is 2.67. The molecule has 0 aromatic heterocycles. The number of hydrogen-bond donors (Lipinski definition) is 2. The van der Waals surface area contributed by atoms with Gasteiger partial charge in [0.2, 0.25) is 0 Å². The molecule has 2 heteroatoms. The van der Waals surface area contributed by atoms with E-state index in [0.29, 0.717) is 12.3 Å². The van der Waals surface area contributed by atoms with E-state index in [4.69, 9.17) is 0 Å². The van der Waals surface area contributed by atoms with Crippen LogP contribution >= 0.6 is 0 Å². The summed E-state index contributed by atoms with van der Waals surface area (Å²) in [6.07, 6.45) is 3.81. The van der Waals surface area contributed by atoms with Crippen LogP contribution in [0.2, 0.25) is 0 Å². The number of aliphatic hydroxyl groups excluding tert-OH is 2. The van der Waals surface area contributed by atoms with Crippen LogP contribution in [0.25, 0.3) is 0 Å². The Bertz CT molecular complexity index is 358. The second kappa shape index (κ2) is 4.25. The minimum Gasteiger partial charge on any atom is -0.393 e. The quantitative estimate of drug-likeness (QED) is 0.687. The molecule has 0 heterocycles. The van der Waals surface area contributed by atoms with Gasteiger partial charge in [-0.25, -0.2) is 0 Å². The van der Waals surface area contributed by atoms with Crippen molar-refractivity contribution in [3.63, 3.8) is 0 Å². The summed E-state index contributed by atoms with van der Waals surface area (Å²) in [6.45, 7) is 10.4. The van der Waals surface area contributed by atoms with Gasteiger partial charge in [0.25, 0.3) is 0 Å². The lowest BCUT2D eigenvalue weighted by Crippen LogP contribution is -2.48. The molecule has 0 unspecified atom stereocenters. The Hall–Kier alpha value is -0.600. The highest BCUT2D eigenvalue weighted by molar-refractivity contribution is 5.28. The molecule has 96 valence electrons. The zero-order valence-electron chi connectivity index (χ0n) is 11.1. The fourth-order valence-corrected chi connectivity index (χ4v) is 3.54. The van der Waals surface area contributed by atoms with E-state index in [0.717, 1.165) is 18.4 Å². The molecule has 2 aliphatic rings. The number of allylic oxidation sites excluding steroid dienone is 2. The molecule has 17 heavy (non-hydrogen) atoms. The average molecular weight is 236 g/mol. The highest BCUT2D eigenvalue weighted by Gasteiger charge is 2.48. The zero-order chi connectivity index (χ0) is 12.8. The normalized spacial score (nSPS) is 46.1. The summed E-state index contributed by atoms with van der Waals surface area (Å²) < 4.78 is 0. The second-order valence-corrected chi connectivity index (χ2v) is 6.17. The average Bonchev–Trinajstić information content (AvgIpc) is 2.25. The molecule has 0 radical (unpaired) electrons. The molecular formula is C15H24O2. The molecule has 0 spiro atoms. The standard InChI is InChI=1S/C15H24O2/c1-9(2)11-5-6-12-14(17)7-13(16)10(3)15(12,4)8-11/h6,10-11,13-14,16-17H,1,5,7-8H2,2-4H3/t10-,11-,13-,14-,15-/m1/s1. The van der Waals surface area contributed by atoms with E-state index in [2.05, 4.69) is 33.4 Å². The van der Waals surface area contributed by atoms with Crippen molar-refractivity contribution in [3.05, 3.63) is 23.8 Å². The molecule has 0 aliphatic heterocycles. The minimum absolute atomic E-state index is 0.0705. The van der Waals surface area contributed by atoms with Crippen molar-refractivity contribution in [1.29, 1.82) is 0 Å². The van der Waals surface area contributed by atoms with Gasteiger partial charge in [0.15, 0.2) is 0 Å². The Morgan fingerprint density at radius 2 is 2.12 bits per heavy atom. The van der Waals surface area contributed by atoms with E-state index in [1.807, 2.05) is 0 Å². The van der Waals surface area contributed by atoms with Gasteiger partial charge in [-0.05, 0) is 42.6 Å². The zero-order valence-corrected chi connectivity index (χ0v) is 11.1. The lowest BCUT2D eigenvalue weighted by atomic mass is 9.56. The Morgan fingerprint density at radius 3 is 2.71 bits per heavy atom. The number of hydrogen-bond acceptors (Lipinski definition) is 2. The molecule has 2 rings (SSSR count). The summed E-state index contributed by atoms with van der Waals surface area (Å²) in [5.41, 5.74) is 2.29. The van der Waals surface area contributed by atoms with Gasteiger partial charge in [-0.15, -0.1) is 0 Å². The third kappa shape index (κ3) is 1.98. The second-order valence-electron chi connectivity index (χ2n) is 6.17. The van der Waals surface area contributed by atoms with Gasteiger partial charge >= 0.3 is 0 Å². The van der Waals surface area contributed by atoms with Crippen LogP contribution in [0.1, 0.15) is 40.0 Å². The summed E-state index contributed by atoms with van der Waals surface area (Å²) in [5.74, 6) is 0.697. The molecule has 0 bridgehead atoms. The molecule has 5 atom stereocenters. The molecule has 0 aromatic rings. The van der Waals surface area contributed by atoms with Gasteiger partial charge in [0.05, 0.1) is 12.2 Å². The number of aliphatic hydroxyl groups is 2. The van der Waals surface area contributed by atoms with E-state index in [1.54, 1.807) is 0 Å². The third-order valence-corrected chi connectivity index (χ3v) is 5.06. The van der Waals surface area contributed by atoms with Crippen LogP contribution in [0.5, 0.6) is 0 Å². The Labute approximate surface area is 104 Å². The fourth-order valence-electron chi connectivity index (χ4n) is 3.54. The van der Waals surface area contributed by atoms with Gasteiger partial charge in [-0.3, -0.25) is 0 Å². The third-order valence-electron chi connectivity index (χ3n) is 5.06. The molecule has 2 aliphatic carbocycles. The van der Waals surface area contributed by atoms with Gasteiger partial charge in [0.1, 0.15) is 0 Å². The number of fused-ring (bicyclic) bond motifs is 1. The highest BCUT2D eigenvalue weighted by atomic mass is 16.3. The van der Waals surface area contributed by atoms with Crippen LogP contribution in [0, 0.1) is 17.3 Å². The Kier molecular flexibility index (Phi) is 3.21. The Morgan fingerprint density at radius 1 is 1.47 bits per heavy atom. The highest BCUT2D eigenvalue weighted by Crippen LogP contribution is 2.52. The van der Waals surface area contributed by atoms with Gasteiger partial charge in [-0.1, -0.05) is 32.1 Å². The minimum atomic E-state index is -0.461. The topological polar surface area (TPSA) is 40.5 Å². The summed E-state index contributed by atoms with van der Waals surface area (Å²) in [7, 11) is 0. The molecule has 0 saturated heterocycles. The Balaban J connectivity index is 2.35. The van der Waals surface area contributed by atoms with Crippen molar-refractivity contribution in [1.82, 2.24) is 0 Å². The molecular weight excluding hydrogens is 212 g/mol. The predicted molar refractivity (Wildman–Crippen MR) is 69.5 cm³/mol. The first kappa shape index (κ1) is 12.8. The van der Waals surface area contributed by atoms with Crippen LogP contribution in [0.3, 0.4) is 0 Å². The maximum Gasteiger partial charge on any atom is 0.0780 e. The molecule has 2 N–H and O–H groups in total. The van der Waals surface area contributed by atoms with Crippen molar-refractivity contribution in [2.24, 2.45) is 17.3 Å². The fraction of sp³-hybridized carbons (Fsp3) is 0.733. The van der Waals surface area contributed by atoms with Gasteiger partial charge in [0, 0.05) is 6.42 Å². The van der Waals surface area contributed by atoms with E-state index in [-0.39, 0.29) is 11.3 Å². The van der Waals surface area contributed by atoms with E-state index < -0.39 is 12.2 Å². The summed E-state index contributed by atoms with van der Waals surface area (Å²) >= 11 is 0. The van der Waals surface area contributed by atoms with Crippen molar-refractivity contribution < 1.29 is 10.2 Å². The van der Waals surface area contributed by atoms with Crippen molar-refractivity contribution in [2.45, 2.75) is 52.2 Å². The van der Waals surface area contributed by atoms with Crippen LogP contribution in [-0.2, 0) is 0 Å².